The Morgan fingerprint density at radius 3 is 2.23 bits per heavy atom. The molecule has 0 bridgehead atoms. The highest BCUT2D eigenvalue weighted by molar-refractivity contribution is 5.79. The van der Waals surface area contributed by atoms with Gasteiger partial charge in [0.15, 0.2) is 5.96 Å². The summed E-state index contributed by atoms with van der Waals surface area (Å²) in [6, 6.07) is 11.1. The molecule has 0 fully saturated rings. The van der Waals surface area contributed by atoms with Crippen LogP contribution in [0.5, 0.6) is 0 Å². The summed E-state index contributed by atoms with van der Waals surface area (Å²) in [7, 11) is 1.54. The SMILES string of the molecule is CN=C(NCc1ccc([N+](=O)[O-])cc1)NCc1cccc(C(F)(F)F)c1. The molecule has 2 aromatic rings. The van der Waals surface area contributed by atoms with Crippen LogP contribution in [0.1, 0.15) is 16.7 Å². The monoisotopic (exact) mass is 366 g/mol. The van der Waals surface area contributed by atoms with E-state index in [1.54, 1.807) is 18.2 Å². The first-order chi connectivity index (χ1) is 12.3. The van der Waals surface area contributed by atoms with Gasteiger partial charge < -0.3 is 10.6 Å². The van der Waals surface area contributed by atoms with Crippen molar-refractivity contribution in [3.05, 3.63) is 75.3 Å². The van der Waals surface area contributed by atoms with E-state index in [2.05, 4.69) is 15.6 Å². The quantitative estimate of drug-likeness (QED) is 0.367. The number of hydrogen-bond donors (Lipinski definition) is 2. The van der Waals surface area contributed by atoms with Crippen LogP contribution in [-0.2, 0) is 19.3 Å². The first-order valence-corrected chi connectivity index (χ1v) is 7.63. The number of non-ortho nitro benzene ring substituents is 1. The summed E-state index contributed by atoms with van der Waals surface area (Å²) in [6.45, 7) is 0.532. The summed E-state index contributed by atoms with van der Waals surface area (Å²) in [5.41, 5.74) is 0.571. The molecule has 0 aliphatic rings. The average Bonchev–Trinajstić information content (AvgIpc) is 2.61. The molecule has 138 valence electrons. The van der Waals surface area contributed by atoms with Crippen LogP contribution in [0.15, 0.2) is 53.5 Å². The third-order valence-corrected chi connectivity index (χ3v) is 3.54. The van der Waals surface area contributed by atoms with Gasteiger partial charge in [0, 0.05) is 32.3 Å². The van der Waals surface area contributed by atoms with Gasteiger partial charge in [0.2, 0.25) is 0 Å². The van der Waals surface area contributed by atoms with Crippen LogP contribution < -0.4 is 10.6 Å². The van der Waals surface area contributed by atoms with Crippen molar-refractivity contribution >= 4 is 11.6 Å². The van der Waals surface area contributed by atoms with E-state index in [1.807, 2.05) is 0 Å². The van der Waals surface area contributed by atoms with Crippen LogP contribution in [0.2, 0.25) is 0 Å². The Morgan fingerprint density at radius 1 is 1.08 bits per heavy atom. The van der Waals surface area contributed by atoms with E-state index >= 15 is 0 Å². The molecule has 0 unspecified atom stereocenters. The Kier molecular flexibility index (Phi) is 6.16. The van der Waals surface area contributed by atoms with E-state index < -0.39 is 16.7 Å². The van der Waals surface area contributed by atoms with Crippen molar-refractivity contribution in [3.8, 4) is 0 Å². The zero-order valence-electron chi connectivity index (χ0n) is 13.9. The van der Waals surface area contributed by atoms with Crippen LogP contribution in [0.3, 0.4) is 0 Å². The normalized spacial score (nSPS) is 11.9. The Labute approximate surface area is 147 Å². The lowest BCUT2D eigenvalue weighted by Crippen LogP contribution is -2.36. The summed E-state index contributed by atoms with van der Waals surface area (Å²) in [5, 5.41) is 16.5. The lowest BCUT2D eigenvalue weighted by atomic mass is 10.1. The van der Waals surface area contributed by atoms with E-state index in [0.29, 0.717) is 18.1 Å². The largest absolute Gasteiger partial charge is 0.416 e. The van der Waals surface area contributed by atoms with Gasteiger partial charge in [-0.2, -0.15) is 13.2 Å². The minimum Gasteiger partial charge on any atom is -0.352 e. The topological polar surface area (TPSA) is 79.6 Å². The fourth-order valence-corrected chi connectivity index (χ4v) is 2.19. The molecule has 2 rings (SSSR count). The second-order valence-corrected chi connectivity index (χ2v) is 5.40. The molecule has 0 aliphatic carbocycles. The van der Waals surface area contributed by atoms with Gasteiger partial charge in [-0.05, 0) is 23.3 Å². The van der Waals surface area contributed by atoms with Crippen LogP contribution in [-0.4, -0.2) is 17.9 Å². The van der Waals surface area contributed by atoms with Crippen molar-refractivity contribution in [2.45, 2.75) is 19.3 Å². The number of benzene rings is 2. The molecular weight excluding hydrogens is 349 g/mol. The van der Waals surface area contributed by atoms with Crippen molar-refractivity contribution in [3.63, 3.8) is 0 Å². The van der Waals surface area contributed by atoms with E-state index in [-0.39, 0.29) is 12.2 Å². The molecule has 0 aromatic heterocycles. The second-order valence-electron chi connectivity index (χ2n) is 5.40. The number of nitro groups is 1. The van der Waals surface area contributed by atoms with Crippen molar-refractivity contribution in [1.29, 1.82) is 0 Å². The third-order valence-electron chi connectivity index (χ3n) is 3.54. The number of guanidine groups is 1. The number of nitrogens with zero attached hydrogens (tertiary/aromatic N) is 2. The third kappa shape index (κ3) is 5.47. The summed E-state index contributed by atoms with van der Waals surface area (Å²) >= 11 is 0. The molecule has 0 amide bonds. The minimum absolute atomic E-state index is 0.000744. The molecule has 9 heteroatoms. The predicted molar refractivity (Wildman–Crippen MR) is 91.6 cm³/mol. The lowest BCUT2D eigenvalue weighted by Gasteiger charge is -2.13. The first-order valence-electron chi connectivity index (χ1n) is 7.63. The lowest BCUT2D eigenvalue weighted by molar-refractivity contribution is -0.384. The standard InChI is InChI=1S/C17H17F3N4O2/c1-21-16(22-10-12-5-7-15(8-6-12)24(25)26)23-11-13-3-2-4-14(9-13)17(18,19)20/h2-9H,10-11H2,1H3,(H2,21,22,23). The zero-order chi connectivity index (χ0) is 19.2. The summed E-state index contributed by atoms with van der Waals surface area (Å²) in [4.78, 5) is 14.1. The molecule has 2 aromatic carbocycles. The van der Waals surface area contributed by atoms with Crippen molar-refractivity contribution in [1.82, 2.24) is 10.6 Å². The highest BCUT2D eigenvalue weighted by Crippen LogP contribution is 2.29. The maximum absolute atomic E-state index is 12.7. The fourth-order valence-electron chi connectivity index (χ4n) is 2.19. The van der Waals surface area contributed by atoms with E-state index in [1.165, 1.54) is 25.2 Å². The highest BCUT2D eigenvalue weighted by atomic mass is 19.4. The maximum Gasteiger partial charge on any atom is 0.416 e. The van der Waals surface area contributed by atoms with Gasteiger partial charge in [0.25, 0.3) is 5.69 Å². The van der Waals surface area contributed by atoms with Crippen LogP contribution in [0.4, 0.5) is 18.9 Å². The van der Waals surface area contributed by atoms with Crippen molar-refractivity contribution in [2.75, 3.05) is 7.05 Å². The van der Waals surface area contributed by atoms with E-state index in [0.717, 1.165) is 17.7 Å². The molecule has 0 saturated heterocycles. The average molecular weight is 366 g/mol. The van der Waals surface area contributed by atoms with Crippen molar-refractivity contribution < 1.29 is 18.1 Å². The summed E-state index contributed by atoms with van der Waals surface area (Å²) in [5.74, 6) is 0.403. The van der Waals surface area contributed by atoms with Crippen LogP contribution in [0.25, 0.3) is 0 Å². The van der Waals surface area contributed by atoms with E-state index in [4.69, 9.17) is 0 Å². The van der Waals surface area contributed by atoms with Gasteiger partial charge in [0.1, 0.15) is 0 Å². The molecule has 0 saturated carbocycles. The molecule has 0 aliphatic heterocycles. The molecule has 0 radical (unpaired) electrons. The molecule has 0 atom stereocenters. The molecule has 2 N–H and O–H groups in total. The van der Waals surface area contributed by atoms with Gasteiger partial charge in [-0.3, -0.25) is 15.1 Å². The molecule has 0 heterocycles. The predicted octanol–water partition coefficient (Wildman–Crippen LogP) is 3.48. The van der Waals surface area contributed by atoms with Gasteiger partial charge in [0.05, 0.1) is 10.5 Å². The van der Waals surface area contributed by atoms with Crippen LogP contribution in [0, 0.1) is 10.1 Å². The minimum atomic E-state index is -4.38. The van der Waals surface area contributed by atoms with E-state index in [9.17, 15) is 23.3 Å². The highest BCUT2D eigenvalue weighted by Gasteiger charge is 2.30. The number of nitrogens with one attached hydrogen (secondary N) is 2. The van der Waals surface area contributed by atoms with Crippen molar-refractivity contribution in [2.24, 2.45) is 4.99 Å². The Hall–Kier alpha value is -3.10. The Morgan fingerprint density at radius 2 is 1.69 bits per heavy atom. The number of nitro benzene ring substituents is 1. The molecular formula is C17H17F3N4O2. The molecule has 6 nitrogen and oxygen atoms in total. The number of hydrogen-bond acceptors (Lipinski definition) is 3. The van der Waals surface area contributed by atoms with Gasteiger partial charge in [-0.15, -0.1) is 0 Å². The first kappa shape index (κ1) is 19.2. The van der Waals surface area contributed by atoms with Gasteiger partial charge in [-0.1, -0.05) is 24.3 Å². The molecule has 0 spiro atoms. The smallest absolute Gasteiger partial charge is 0.352 e. The maximum atomic E-state index is 12.7. The fraction of sp³-hybridized carbons (Fsp3) is 0.235. The van der Waals surface area contributed by atoms with Gasteiger partial charge in [-0.25, -0.2) is 0 Å². The van der Waals surface area contributed by atoms with Crippen LogP contribution >= 0.6 is 0 Å². The number of alkyl halides is 3. The summed E-state index contributed by atoms with van der Waals surface area (Å²) in [6.07, 6.45) is -4.38. The summed E-state index contributed by atoms with van der Waals surface area (Å²) < 4.78 is 38.2. The Balaban J connectivity index is 1.91. The number of rotatable bonds is 5. The molecule has 26 heavy (non-hydrogen) atoms. The number of aliphatic imine (C=N–C) groups is 1. The van der Waals surface area contributed by atoms with Gasteiger partial charge >= 0.3 is 6.18 Å². The number of halogens is 3. The second kappa shape index (κ2) is 8.32. The Bertz CT molecular complexity index is 789. The zero-order valence-corrected chi connectivity index (χ0v) is 13.9.